The number of carboxylic acids is 2. The van der Waals surface area contributed by atoms with Crippen LogP contribution >= 0.6 is 23.1 Å². The fourth-order valence-electron chi connectivity index (χ4n) is 3.64. The van der Waals surface area contributed by atoms with E-state index in [9.17, 15) is 24.3 Å². The van der Waals surface area contributed by atoms with Crippen molar-refractivity contribution in [2.24, 2.45) is 0 Å². The van der Waals surface area contributed by atoms with Gasteiger partial charge in [0.05, 0.1) is 34.7 Å². The summed E-state index contributed by atoms with van der Waals surface area (Å²) < 4.78 is 5.38. The van der Waals surface area contributed by atoms with Gasteiger partial charge in [-0.15, -0.1) is 23.1 Å². The van der Waals surface area contributed by atoms with E-state index in [1.807, 2.05) is 29.6 Å². The molecule has 12 heteroatoms. The van der Waals surface area contributed by atoms with Crippen molar-refractivity contribution in [3.05, 3.63) is 88.8 Å². The summed E-state index contributed by atoms with van der Waals surface area (Å²) in [7, 11) is 1.59. The first-order chi connectivity index (χ1) is 19.2. The molecule has 1 heterocycles. The van der Waals surface area contributed by atoms with Crippen molar-refractivity contribution < 1.29 is 34.1 Å². The number of para-hydroxylation sites is 1. The molecule has 4 N–H and O–H groups in total. The molecule has 1 atom stereocenters. The van der Waals surface area contributed by atoms with Gasteiger partial charge in [-0.1, -0.05) is 12.1 Å². The number of aromatic carboxylic acids is 2. The van der Waals surface area contributed by atoms with Gasteiger partial charge in [-0.3, -0.25) is 9.59 Å². The molecular formula is C28H23N3O7S2. The first kappa shape index (κ1) is 28.3. The highest BCUT2D eigenvalue weighted by Gasteiger charge is 2.20. The van der Waals surface area contributed by atoms with E-state index in [1.165, 1.54) is 29.2 Å². The number of hydrogen-bond donors (Lipinski definition) is 4. The summed E-state index contributed by atoms with van der Waals surface area (Å²) in [6.07, 6.45) is 0. The number of carboxylic acid groups (broad SMARTS) is 2. The van der Waals surface area contributed by atoms with E-state index in [1.54, 1.807) is 38.3 Å². The van der Waals surface area contributed by atoms with Crippen LogP contribution in [0.5, 0.6) is 5.75 Å². The third-order valence-corrected chi connectivity index (χ3v) is 7.52. The molecule has 2 amide bonds. The van der Waals surface area contributed by atoms with Crippen LogP contribution in [-0.4, -0.2) is 51.3 Å². The Hall–Kier alpha value is -4.68. The molecule has 1 unspecified atom stereocenters. The third-order valence-electron chi connectivity index (χ3n) is 5.65. The number of rotatable bonds is 10. The summed E-state index contributed by atoms with van der Waals surface area (Å²) in [6.45, 7) is 1.76. The molecule has 1 aromatic heterocycles. The quantitative estimate of drug-likeness (QED) is 0.177. The first-order valence-corrected chi connectivity index (χ1v) is 13.5. The molecule has 0 spiro atoms. The molecule has 0 saturated carbocycles. The van der Waals surface area contributed by atoms with Crippen molar-refractivity contribution in [2.45, 2.75) is 17.1 Å². The average Bonchev–Trinajstić information content (AvgIpc) is 3.41. The summed E-state index contributed by atoms with van der Waals surface area (Å²) >= 11 is 2.63. The molecule has 4 rings (SSSR count). The maximum atomic E-state index is 12.8. The van der Waals surface area contributed by atoms with Crippen LogP contribution in [0.4, 0.5) is 10.8 Å². The summed E-state index contributed by atoms with van der Waals surface area (Å²) in [5.74, 6) is -2.95. The third kappa shape index (κ3) is 6.65. The van der Waals surface area contributed by atoms with E-state index in [-0.39, 0.29) is 17.0 Å². The molecule has 0 aliphatic carbocycles. The van der Waals surface area contributed by atoms with Crippen LogP contribution in [0.25, 0.3) is 11.3 Å². The standard InChI is InChI=1S/C28H23N3O7S2/c1-15(24(32)31-28-30-22(14-39-28)20-5-3-4-6-23(20)38-2)40-18-10-8-17(9-11-18)29-25(33)19-12-7-16(26(34)35)13-21(19)27(36)37/h3-15H,1-2H3,(H,29,33)(H,34,35)(H,36,37)(H,30,31,32). The Morgan fingerprint density at radius 2 is 1.65 bits per heavy atom. The van der Waals surface area contributed by atoms with Gasteiger partial charge in [-0.05, 0) is 61.5 Å². The molecule has 0 bridgehead atoms. The summed E-state index contributed by atoms with van der Waals surface area (Å²) in [5, 5.41) is 25.8. The topological polar surface area (TPSA) is 155 Å². The van der Waals surface area contributed by atoms with Gasteiger partial charge in [-0.2, -0.15) is 0 Å². The van der Waals surface area contributed by atoms with E-state index in [4.69, 9.17) is 9.84 Å². The van der Waals surface area contributed by atoms with E-state index in [0.717, 1.165) is 22.6 Å². The molecule has 0 aliphatic heterocycles. The number of nitrogens with zero attached hydrogens (tertiary/aromatic N) is 1. The van der Waals surface area contributed by atoms with Gasteiger partial charge in [0.1, 0.15) is 5.75 Å². The Morgan fingerprint density at radius 1 is 0.925 bits per heavy atom. The van der Waals surface area contributed by atoms with Crippen LogP contribution in [0.3, 0.4) is 0 Å². The van der Waals surface area contributed by atoms with Crippen molar-refractivity contribution in [2.75, 3.05) is 17.7 Å². The van der Waals surface area contributed by atoms with Crippen LogP contribution in [0.2, 0.25) is 0 Å². The number of benzene rings is 3. The lowest BCUT2D eigenvalue weighted by molar-refractivity contribution is -0.115. The molecule has 4 aromatic rings. The summed E-state index contributed by atoms with van der Waals surface area (Å²) in [5.41, 5.74) is 1.10. The number of thioether (sulfide) groups is 1. The molecule has 0 saturated heterocycles. The highest BCUT2D eigenvalue weighted by atomic mass is 32.2. The molecule has 0 radical (unpaired) electrons. The monoisotopic (exact) mass is 577 g/mol. The number of amides is 2. The van der Waals surface area contributed by atoms with Gasteiger partial charge in [-0.25, -0.2) is 14.6 Å². The van der Waals surface area contributed by atoms with Crippen LogP contribution in [0, 0.1) is 0 Å². The molecule has 0 fully saturated rings. The Kier molecular flexibility index (Phi) is 8.82. The fraction of sp³-hybridized carbons (Fsp3) is 0.107. The summed E-state index contributed by atoms with van der Waals surface area (Å²) in [6, 6.07) is 17.4. The molecule has 40 heavy (non-hydrogen) atoms. The SMILES string of the molecule is COc1ccccc1-c1csc(NC(=O)C(C)Sc2ccc(NC(=O)c3ccc(C(=O)O)cc3C(=O)O)cc2)n1. The Labute approximate surface area is 237 Å². The second-order valence-corrected chi connectivity index (χ2v) is 10.6. The smallest absolute Gasteiger partial charge is 0.336 e. The van der Waals surface area contributed by atoms with Crippen LogP contribution in [0.1, 0.15) is 38.0 Å². The predicted molar refractivity (Wildman–Crippen MR) is 153 cm³/mol. The Morgan fingerprint density at radius 3 is 2.33 bits per heavy atom. The van der Waals surface area contributed by atoms with Crippen molar-refractivity contribution in [3.8, 4) is 17.0 Å². The van der Waals surface area contributed by atoms with Gasteiger partial charge in [0, 0.05) is 21.5 Å². The number of hydrogen-bond acceptors (Lipinski definition) is 8. The van der Waals surface area contributed by atoms with Crippen LogP contribution < -0.4 is 15.4 Å². The van der Waals surface area contributed by atoms with Crippen molar-refractivity contribution in [1.29, 1.82) is 0 Å². The summed E-state index contributed by atoms with van der Waals surface area (Å²) in [4.78, 5) is 53.4. The van der Waals surface area contributed by atoms with Gasteiger partial charge >= 0.3 is 11.9 Å². The number of anilines is 2. The maximum absolute atomic E-state index is 12.8. The van der Waals surface area contributed by atoms with Gasteiger partial charge in [0.2, 0.25) is 5.91 Å². The lowest BCUT2D eigenvalue weighted by Crippen LogP contribution is -2.22. The molecular weight excluding hydrogens is 554 g/mol. The van der Waals surface area contributed by atoms with Crippen LogP contribution in [0.15, 0.2) is 77.0 Å². The van der Waals surface area contributed by atoms with Crippen molar-refractivity contribution >= 4 is 57.7 Å². The molecule has 204 valence electrons. The first-order valence-electron chi connectivity index (χ1n) is 11.7. The second kappa shape index (κ2) is 12.5. The van der Waals surface area contributed by atoms with E-state index in [2.05, 4.69) is 15.6 Å². The number of methoxy groups -OCH3 is 1. The maximum Gasteiger partial charge on any atom is 0.336 e. The Balaban J connectivity index is 1.36. The number of carbonyl (C=O) groups excluding carboxylic acids is 2. The highest BCUT2D eigenvalue weighted by Crippen LogP contribution is 2.32. The minimum absolute atomic E-state index is 0.169. The van der Waals surface area contributed by atoms with Gasteiger partial charge in [0.25, 0.3) is 5.91 Å². The predicted octanol–water partition coefficient (Wildman–Crippen LogP) is 5.59. The number of ether oxygens (including phenoxy) is 1. The molecule has 10 nitrogen and oxygen atoms in total. The van der Waals surface area contributed by atoms with Crippen molar-refractivity contribution in [1.82, 2.24) is 4.98 Å². The van der Waals surface area contributed by atoms with Gasteiger partial charge in [0.15, 0.2) is 5.13 Å². The lowest BCUT2D eigenvalue weighted by Gasteiger charge is -2.12. The second-order valence-electron chi connectivity index (χ2n) is 8.34. The number of nitrogens with one attached hydrogen (secondary N) is 2. The Bertz CT molecular complexity index is 1590. The van der Waals surface area contributed by atoms with Crippen LogP contribution in [-0.2, 0) is 4.79 Å². The fourth-order valence-corrected chi connectivity index (χ4v) is 5.22. The zero-order valence-corrected chi connectivity index (χ0v) is 22.8. The molecule has 0 aliphatic rings. The molecule has 3 aromatic carbocycles. The van der Waals surface area contributed by atoms with E-state index < -0.39 is 28.7 Å². The minimum Gasteiger partial charge on any atom is -0.496 e. The highest BCUT2D eigenvalue weighted by molar-refractivity contribution is 8.00. The zero-order valence-electron chi connectivity index (χ0n) is 21.2. The van der Waals surface area contributed by atoms with E-state index in [0.29, 0.717) is 22.3 Å². The lowest BCUT2D eigenvalue weighted by atomic mass is 10.0. The zero-order chi connectivity index (χ0) is 28.8. The minimum atomic E-state index is -1.42. The number of aromatic nitrogens is 1. The largest absolute Gasteiger partial charge is 0.496 e. The number of carbonyl (C=O) groups is 4. The van der Waals surface area contributed by atoms with E-state index >= 15 is 0 Å². The van der Waals surface area contributed by atoms with Crippen molar-refractivity contribution in [3.63, 3.8) is 0 Å². The number of thiazole rings is 1. The average molecular weight is 578 g/mol. The van der Waals surface area contributed by atoms with Gasteiger partial charge < -0.3 is 25.6 Å². The normalized spacial score (nSPS) is 11.3.